The van der Waals surface area contributed by atoms with E-state index in [0.29, 0.717) is 0 Å². The van der Waals surface area contributed by atoms with Crippen LogP contribution in [-0.2, 0) is 13.1 Å². The van der Waals surface area contributed by atoms with Crippen molar-refractivity contribution in [2.75, 3.05) is 66.0 Å². The quantitative estimate of drug-likeness (QED) is 0.294. The number of likely N-dealkylation sites (tertiary alicyclic amines) is 1. The van der Waals surface area contributed by atoms with Gasteiger partial charge in [-0.15, -0.1) is 13.1 Å². The van der Waals surface area contributed by atoms with Crippen LogP contribution >= 0.6 is 20.2 Å². The van der Waals surface area contributed by atoms with Crippen molar-refractivity contribution in [3.8, 4) is 0 Å². The molecule has 0 amide bonds. The molecule has 0 N–H and O–H groups in total. The van der Waals surface area contributed by atoms with Crippen molar-refractivity contribution >= 4 is 20.2 Å². The Hall–Kier alpha value is 0.939. The minimum atomic E-state index is 0.00694. The summed E-state index contributed by atoms with van der Waals surface area (Å²) in [4.78, 5) is 7.93. The molecular weight excluding hydrogens is 446 g/mol. The average molecular weight is 491 g/mol. The van der Waals surface area contributed by atoms with Gasteiger partial charge in [0.25, 0.3) is 0 Å². The number of likely N-dealkylation sites (N-methyl/N-ethyl adjacent to an activating group) is 1. The molecule has 1 unspecified atom stereocenters. The number of hydrogen-bond donors (Lipinski definition) is 0. The molecular formula is C22H45Cl2MnN4-. The Balaban J connectivity index is 0.00000132. The van der Waals surface area contributed by atoms with Gasteiger partial charge in [-0.05, 0) is 85.0 Å². The summed E-state index contributed by atoms with van der Waals surface area (Å²) in [7, 11) is 11.8. The van der Waals surface area contributed by atoms with E-state index in [1.807, 2.05) is 0 Å². The fraction of sp³-hybridized carbons (Fsp3) is 1.00. The van der Waals surface area contributed by atoms with Gasteiger partial charge in [-0.1, -0.05) is 39.0 Å². The van der Waals surface area contributed by atoms with Crippen LogP contribution in [-0.4, -0.2) is 86.7 Å². The fourth-order valence-electron chi connectivity index (χ4n) is 4.52. The van der Waals surface area contributed by atoms with Gasteiger partial charge in [-0.2, -0.15) is 0 Å². The van der Waals surface area contributed by atoms with Gasteiger partial charge in [0.1, 0.15) is 0 Å². The second-order valence-electron chi connectivity index (χ2n) is 8.61. The molecule has 2 aliphatic rings. The SMILES string of the molecule is CCCCCCCCN1CCCC1CCN1CCCN(C)CC[N-]CC1.[Cl][Mn][Cl]. The Morgan fingerprint density at radius 1 is 0.862 bits per heavy atom. The minimum absolute atomic E-state index is 0.00694. The van der Waals surface area contributed by atoms with Crippen LogP contribution < -0.4 is 0 Å². The van der Waals surface area contributed by atoms with Gasteiger partial charge in [-0.25, -0.2) is 0 Å². The molecule has 7 heteroatoms. The van der Waals surface area contributed by atoms with E-state index in [4.69, 9.17) is 25.5 Å². The monoisotopic (exact) mass is 490 g/mol. The Labute approximate surface area is 196 Å². The van der Waals surface area contributed by atoms with Crippen LogP contribution in [0.5, 0.6) is 0 Å². The van der Waals surface area contributed by atoms with E-state index in [9.17, 15) is 0 Å². The van der Waals surface area contributed by atoms with Crippen LogP contribution in [0.4, 0.5) is 0 Å². The van der Waals surface area contributed by atoms with Crippen LogP contribution in [0, 0.1) is 0 Å². The van der Waals surface area contributed by atoms with Crippen LogP contribution in [0.3, 0.4) is 0 Å². The Kier molecular flexibility index (Phi) is 18.9. The van der Waals surface area contributed by atoms with Gasteiger partial charge in [0, 0.05) is 6.04 Å². The van der Waals surface area contributed by atoms with Crippen molar-refractivity contribution in [3.05, 3.63) is 5.32 Å². The Morgan fingerprint density at radius 3 is 2.38 bits per heavy atom. The molecule has 0 aromatic heterocycles. The van der Waals surface area contributed by atoms with Gasteiger partial charge in [0.2, 0.25) is 0 Å². The van der Waals surface area contributed by atoms with E-state index < -0.39 is 0 Å². The number of halogens is 2. The Morgan fingerprint density at radius 2 is 1.59 bits per heavy atom. The number of rotatable bonds is 10. The first kappa shape index (κ1) is 28.0. The van der Waals surface area contributed by atoms with E-state index >= 15 is 0 Å². The van der Waals surface area contributed by atoms with Crippen molar-refractivity contribution in [2.24, 2.45) is 0 Å². The van der Waals surface area contributed by atoms with E-state index in [1.54, 1.807) is 0 Å². The zero-order valence-corrected chi connectivity index (χ0v) is 21.6. The van der Waals surface area contributed by atoms with Crippen molar-refractivity contribution < 1.29 is 13.1 Å². The van der Waals surface area contributed by atoms with Crippen LogP contribution in [0.15, 0.2) is 0 Å². The summed E-state index contributed by atoms with van der Waals surface area (Å²) in [5, 5.41) is 4.71. The van der Waals surface area contributed by atoms with Crippen molar-refractivity contribution in [1.29, 1.82) is 0 Å². The normalized spacial score (nSPS) is 23.0. The predicted octanol–water partition coefficient (Wildman–Crippen LogP) is 5.59. The maximum absolute atomic E-state index is 4.80. The van der Waals surface area contributed by atoms with Crippen molar-refractivity contribution in [1.82, 2.24) is 14.7 Å². The summed E-state index contributed by atoms with van der Waals surface area (Å²) in [6.07, 6.45) is 14.0. The molecule has 4 nitrogen and oxygen atoms in total. The van der Waals surface area contributed by atoms with Gasteiger partial charge in [0.15, 0.2) is 0 Å². The molecule has 0 radical (unpaired) electrons. The molecule has 0 aromatic carbocycles. The number of nitrogens with zero attached hydrogens (tertiary/aromatic N) is 4. The van der Waals surface area contributed by atoms with Gasteiger partial charge in [-0.3, -0.25) is 0 Å². The molecule has 29 heavy (non-hydrogen) atoms. The third-order valence-corrected chi connectivity index (χ3v) is 6.30. The third kappa shape index (κ3) is 14.6. The van der Waals surface area contributed by atoms with Gasteiger partial charge < -0.3 is 20.0 Å². The first-order chi connectivity index (χ1) is 14.2. The number of unbranched alkanes of at least 4 members (excludes halogenated alkanes) is 5. The first-order valence-electron chi connectivity index (χ1n) is 11.9. The predicted molar refractivity (Wildman–Crippen MR) is 126 cm³/mol. The summed E-state index contributed by atoms with van der Waals surface area (Å²) in [5.41, 5.74) is 0. The third-order valence-electron chi connectivity index (χ3n) is 6.30. The molecule has 2 aliphatic heterocycles. The maximum atomic E-state index is 4.80. The zero-order valence-electron chi connectivity index (χ0n) is 18.9. The Bertz CT molecular complexity index is 366. The molecule has 2 rings (SSSR count). The van der Waals surface area contributed by atoms with Gasteiger partial charge in [0.05, 0.1) is 0 Å². The first-order valence-corrected chi connectivity index (χ1v) is 15.1. The molecule has 0 aromatic rings. The van der Waals surface area contributed by atoms with Gasteiger partial charge >= 0.3 is 33.3 Å². The van der Waals surface area contributed by atoms with E-state index in [-0.39, 0.29) is 13.1 Å². The molecule has 175 valence electrons. The molecule has 0 spiro atoms. The summed E-state index contributed by atoms with van der Waals surface area (Å²) in [6, 6.07) is 0.848. The summed E-state index contributed by atoms with van der Waals surface area (Å²) in [5.74, 6) is 0. The second kappa shape index (κ2) is 19.6. The molecule has 0 saturated carbocycles. The van der Waals surface area contributed by atoms with E-state index in [0.717, 1.165) is 25.7 Å². The zero-order chi connectivity index (χ0) is 21.2. The molecule has 0 bridgehead atoms. The fourth-order valence-corrected chi connectivity index (χ4v) is 4.52. The summed E-state index contributed by atoms with van der Waals surface area (Å²) in [6.45, 7) is 13.1. The van der Waals surface area contributed by atoms with E-state index in [2.05, 4.69) is 28.7 Å². The molecule has 1 atom stereocenters. The summed E-state index contributed by atoms with van der Waals surface area (Å²) < 4.78 is 0. The van der Waals surface area contributed by atoms with Crippen LogP contribution in [0.1, 0.15) is 71.1 Å². The van der Waals surface area contributed by atoms with Crippen LogP contribution in [0.25, 0.3) is 5.32 Å². The summed E-state index contributed by atoms with van der Waals surface area (Å²) >= 11 is 0.00694. The second-order valence-corrected chi connectivity index (χ2v) is 10.6. The molecule has 2 fully saturated rings. The molecule has 2 heterocycles. The van der Waals surface area contributed by atoms with E-state index in [1.165, 1.54) is 103 Å². The standard InChI is InChI=1S/C22H45N4.2ClH.Mn/c1-3-4-5-6-7-8-17-26-18-9-11-22(26)12-19-25-16-10-15-24(2)20-13-23-14-21-25;;;/h22H,3-21H2,1-2H3;2*1H;/q-1;;;+2/p-2. The topological polar surface area (TPSA) is 23.8 Å². The molecule has 2 saturated heterocycles. The molecule has 0 aliphatic carbocycles. The van der Waals surface area contributed by atoms with Crippen molar-refractivity contribution in [3.63, 3.8) is 0 Å². The van der Waals surface area contributed by atoms with Crippen LogP contribution in [0.2, 0.25) is 0 Å². The number of hydrogen-bond acceptors (Lipinski definition) is 3. The average Bonchev–Trinajstić information content (AvgIpc) is 3.16. The van der Waals surface area contributed by atoms with Crippen molar-refractivity contribution in [2.45, 2.75) is 77.2 Å².